The predicted molar refractivity (Wildman–Crippen MR) is 121 cm³/mol. The number of aromatic nitrogens is 1. The first-order chi connectivity index (χ1) is 15.1. The highest BCUT2D eigenvalue weighted by Gasteiger charge is 2.11. The number of hydrogen-bond acceptors (Lipinski definition) is 6. The van der Waals surface area contributed by atoms with Gasteiger partial charge in [0.15, 0.2) is 11.5 Å². The molecular weight excluding hydrogens is 394 g/mol. The average molecular weight is 421 g/mol. The Kier molecular flexibility index (Phi) is 7.84. The molecule has 2 aromatic carbocycles. The van der Waals surface area contributed by atoms with Crippen LogP contribution in [0, 0.1) is 0 Å². The second-order valence-electron chi connectivity index (χ2n) is 6.79. The molecule has 0 saturated heterocycles. The van der Waals surface area contributed by atoms with Crippen molar-refractivity contribution in [2.45, 2.75) is 6.42 Å². The van der Waals surface area contributed by atoms with Gasteiger partial charge in [-0.15, -0.1) is 0 Å². The lowest BCUT2D eigenvalue weighted by molar-refractivity contribution is -0.115. The molecule has 7 nitrogen and oxygen atoms in total. The van der Waals surface area contributed by atoms with Crippen molar-refractivity contribution in [2.24, 2.45) is 0 Å². The lowest BCUT2D eigenvalue weighted by Crippen LogP contribution is -2.29. The summed E-state index contributed by atoms with van der Waals surface area (Å²) in [5.41, 5.74) is 3.36. The van der Waals surface area contributed by atoms with E-state index >= 15 is 0 Å². The molecule has 1 aromatic heterocycles. The van der Waals surface area contributed by atoms with Crippen molar-refractivity contribution < 1.29 is 19.0 Å². The largest absolute Gasteiger partial charge is 0.497 e. The Morgan fingerprint density at radius 1 is 0.935 bits per heavy atom. The topological polar surface area (TPSA) is 81.7 Å². The molecule has 0 radical (unpaired) electrons. The molecule has 0 bridgehead atoms. The van der Waals surface area contributed by atoms with E-state index in [9.17, 15) is 4.79 Å². The van der Waals surface area contributed by atoms with Crippen molar-refractivity contribution in [2.75, 3.05) is 39.7 Å². The quantitative estimate of drug-likeness (QED) is 0.487. The number of rotatable bonds is 10. The van der Waals surface area contributed by atoms with E-state index in [1.807, 2.05) is 48.5 Å². The molecule has 3 rings (SSSR count). The third-order valence-electron chi connectivity index (χ3n) is 4.77. The summed E-state index contributed by atoms with van der Waals surface area (Å²) in [6, 6.07) is 17.0. The van der Waals surface area contributed by atoms with Crippen LogP contribution in [0.15, 0.2) is 60.8 Å². The predicted octanol–water partition coefficient (Wildman–Crippen LogP) is 3.55. The molecule has 3 aromatic rings. The Hall–Kier alpha value is -3.58. The highest BCUT2D eigenvalue weighted by atomic mass is 16.5. The van der Waals surface area contributed by atoms with Gasteiger partial charge in [0.2, 0.25) is 5.91 Å². The molecule has 7 heteroatoms. The summed E-state index contributed by atoms with van der Waals surface area (Å²) in [5.74, 6) is 1.91. The summed E-state index contributed by atoms with van der Waals surface area (Å²) in [6.07, 6.45) is 2.48. The fourth-order valence-corrected chi connectivity index (χ4v) is 3.16. The van der Waals surface area contributed by atoms with E-state index in [4.69, 9.17) is 14.2 Å². The third-order valence-corrected chi connectivity index (χ3v) is 4.77. The van der Waals surface area contributed by atoms with Crippen molar-refractivity contribution in [3.05, 3.63) is 66.4 Å². The summed E-state index contributed by atoms with van der Waals surface area (Å²) in [7, 11) is 4.82. The van der Waals surface area contributed by atoms with Gasteiger partial charge in [0.05, 0.1) is 39.3 Å². The van der Waals surface area contributed by atoms with Gasteiger partial charge in [-0.3, -0.25) is 9.78 Å². The maximum absolute atomic E-state index is 12.5. The van der Waals surface area contributed by atoms with E-state index in [1.54, 1.807) is 33.6 Å². The SMILES string of the molecule is COc1ccc(-c2ccccn2)c(NC(=O)CNCCc2ccc(OC)c(OC)c2)c1. The lowest BCUT2D eigenvalue weighted by Gasteiger charge is -2.13. The molecule has 0 unspecified atom stereocenters. The van der Waals surface area contributed by atoms with Crippen LogP contribution in [-0.4, -0.2) is 45.3 Å². The molecule has 1 heterocycles. The Morgan fingerprint density at radius 3 is 2.48 bits per heavy atom. The highest BCUT2D eigenvalue weighted by molar-refractivity contribution is 5.96. The van der Waals surface area contributed by atoms with E-state index in [0.717, 1.165) is 23.2 Å². The van der Waals surface area contributed by atoms with Gasteiger partial charge in [-0.2, -0.15) is 0 Å². The van der Waals surface area contributed by atoms with Crippen LogP contribution in [0.2, 0.25) is 0 Å². The number of anilines is 1. The van der Waals surface area contributed by atoms with Gasteiger partial charge in [0.25, 0.3) is 0 Å². The molecule has 0 spiro atoms. The molecule has 162 valence electrons. The van der Waals surface area contributed by atoms with Crippen LogP contribution in [0.4, 0.5) is 5.69 Å². The van der Waals surface area contributed by atoms with Gasteiger partial charge in [-0.25, -0.2) is 0 Å². The van der Waals surface area contributed by atoms with Crippen LogP contribution < -0.4 is 24.8 Å². The molecule has 0 saturated carbocycles. The Labute approximate surface area is 182 Å². The fraction of sp³-hybridized carbons (Fsp3) is 0.250. The van der Waals surface area contributed by atoms with Crippen molar-refractivity contribution in [3.8, 4) is 28.5 Å². The zero-order valence-corrected chi connectivity index (χ0v) is 18.0. The lowest BCUT2D eigenvalue weighted by atomic mass is 10.1. The van der Waals surface area contributed by atoms with Crippen LogP contribution in [0.5, 0.6) is 17.2 Å². The minimum absolute atomic E-state index is 0.141. The first-order valence-corrected chi connectivity index (χ1v) is 9.95. The van der Waals surface area contributed by atoms with Crippen molar-refractivity contribution in [1.82, 2.24) is 10.3 Å². The standard InChI is InChI=1S/C24H27N3O4/c1-29-18-8-9-19(20-6-4-5-12-26-20)21(15-18)27-24(28)16-25-13-11-17-7-10-22(30-2)23(14-17)31-3/h4-10,12,14-15,25H,11,13,16H2,1-3H3,(H,27,28). The molecule has 0 atom stereocenters. The second-order valence-corrected chi connectivity index (χ2v) is 6.79. The second kappa shape index (κ2) is 11.0. The molecule has 0 fully saturated rings. The van der Waals surface area contributed by atoms with E-state index in [-0.39, 0.29) is 12.5 Å². The minimum Gasteiger partial charge on any atom is -0.497 e. The number of carbonyl (C=O) groups excluding carboxylic acids is 1. The summed E-state index contributed by atoms with van der Waals surface area (Å²) in [5, 5.41) is 6.13. The third kappa shape index (κ3) is 5.96. The van der Waals surface area contributed by atoms with Crippen LogP contribution in [0.25, 0.3) is 11.3 Å². The first kappa shape index (κ1) is 22.1. The Morgan fingerprint density at radius 2 is 1.77 bits per heavy atom. The number of hydrogen-bond donors (Lipinski definition) is 2. The summed E-state index contributed by atoms with van der Waals surface area (Å²) < 4.78 is 15.9. The molecule has 2 N–H and O–H groups in total. The molecular formula is C24H27N3O4. The number of methoxy groups -OCH3 is 3. The first-order valence-electron chi connectivity index (χ1n) is 9.95. The number of nitrogens with one attached hydrogen (secondary N) is 2. The van der Waals surface area contributed by atoms with Gasteiger partial charge in [0.1, 0.15) is 5.75 Å². The normalized spacial score (nSPS) is 10.4. The van der Waals surface area contributed by atoms with Gasteiger partial charge >= 0.3 is 0 Å². The molecule has 0 aliphatic rings. The van der Waals surface area contributed by atoms with E-state index < -0.39 is 0 Å². The number of amides is 1. The number of pyridine rings is 1. The zero-order chi connectivity index (χ0) is 22.1. The summed E-state index contributed by atoms with van der Waals surface area (Å²) in [4.78, 5) is 16.9. The number of carbonyl (C=O) groups is 1. The van der Waals surface area contributed by atoms with Crippen molar-refractivity contribution >= 4 is 11.6 Å². The smallest absolute Gasteiger partial charge is 0.238 e. The zero-order valence-electron chi connectivity index (χ0n) is 18.0. The minimum atomic E-state index is -0.141. The van der Waals surface area contributed by atoms with E-state index in [1.165, 1.54) is 0 Å². The maximum Gasteiger partial charge on any atom is 0.238 e. The highest BCUT2D eigenvalue weighted by Crippen LogP contribution is 2.30. The van der Waals surface area contributed by atoms with Crippen LogP contribution in [0.1, 0.15) is 5.56 Å². The van der Waals surface area contributed by atoms with Gasteiger partial charge in [-0.1, -0.05) is 12.1 Å². The van der Waals surface area contributed by atoms with Crippen LogP contribution >= 0.6 is 0 Å². The fourth-order valence-electron chi connectivity index (χ4n) is 3.16. The maximum atomic E-state index is 12.5. The van der Waals surface area contributed by atoms with Crippen molar-refractivity contribution in [3.63, 3.8) is 0 Å². The van der Waals surface area contributed by atoms with Gasteiger partial charge < -0.3 is 24.8 Å². The molecule has 0 aliphatic carbocycles. The number of benzene rings is 2. The summed E-state index contributed by atoms with van der Waals surface area (Å²) >= 11 is 0. The molecule has 0 aliphatic heterocycles. The van der Waals surface area contributed by atoms with Crippen molar-refractivity contribution in [1.29, 1.82) is 0 Å². The van der Waals surface area contributed by atoms with Crippen LogP contribution in [0.3, 0.4) is 0 Å². The van der Waals surface area contributed by atoms with E-state index in [0.29, 0.717) is 29.5 Å². The number of nitrogens with zero attached hydrogens (tertiary/aromatic N) is 1. The van der Waals surface area contributed by atoms with Gasteiger partial charge in [-0.05, 0) is 54.9 Å². The Balaban J connectivity index is 1.57. The Bertz CT molecular complexity index is 1010. The van der Waals surface area contributed by atoms with E-state index in [2.05, 4.69) is 15.6 Å². The number of ether oxygens (including phenoxy) is 3. The monoisotopic (exact) mass is 421 g/mol. The average Bonchev–Trinajstić information content (AvgIpc) is 2.82. The molecule has 1 amide bonds. The molecule has 31 heavy (non-hydrogen) atoms. The van der Waals surface area contributed by atoms with Gasteiger partial charge in [0, 0.05) is 17.8 Å². The summed E-state index contributed by atoms with van der Waals surface area (Å²) in [6.45, 7) is 0.834. The van der Waals surface area contributed by atoms with Crippen LogP contribution in [-0.2, 0) is 11.2 Å².